The lowest BCUT2D eigenvalue weighted by atomic mass is 9.76. The van der Waals surface area contributed by atoms with Gasteiger partial charge in [-0.3, -0.25) is 19.2 Å². The van der Waals surface area contributed by atoms with Crippen molar-refractivity contribution in [1.29, 1.82) is 0 Å². The van der Waals surface area contributed by atoms with E-state index in [1.165, 1.54) is 18.7 Å². The highest BCUT2D eigenvalue weighted by Gasteiger charge is 2.33. The largest absolute Gasteiger partial charge is 0.462 e. The number of halogens is 2. The fourth-order valence-corrected chi connectivity index (χ4v) is 5.40. The molecule has 13 heteroatoms. The quantitative estimate of drug-likeness (QED) is 0.143. The van der Waals surface area contributed by atoms with Gasteiger partial charge in [0, 0.05) is 39.7 Å². The topological polar surface area (TPSA) is 135 Å². The van der Waals surface area contributed by atoms with Gasteiger partial charge >= 0.3 is 30.0 Å². The van der Waals surface area contributed by atoms with Crippen LogP contribution in [-0.2, 0) is 42.9 Å². The minimum Gasteiger partial charge on any atom is -0.462 e. The van der Waals surface area contributed by atoms with Crippen LogP contribution in [0.4, 0.5) is 4.79 Å². The summed E-state index contributed by atoms with van der Waals surface area (Å²) in [7, 11) is 1.63. The molecular weight excluding hydrogens is 629 g/mol. The van der Waals surface area contributed by atoms with Gasteiger partial charge in [-0.25, -0.2) is 4.79 Å². The molecule has 0 heterocycles. The molecule has 0 aromatic heterocycles. The van der Waals surface area contributed by atoms with Gasteiger partial charge in [0.1, 0.15) is 13.2 Å². The Morgan fingerprint density at radius 2 is 1.44 bits per heavy atom. The van der Waals surface area contributed by atoms with E-state index in [4.69, 9.17) is 46.9 Å². The lowest BCUT2D eigenvalue weighted by molar-refractivity contribution is -0.166. The second-order valence-corrected chi connectivity index (χ2v) is 11.6. The maximum atomic E-state index is 12.9. The Balaban J connectivity index is 1.47. The molecule has 2 unspecified atom stereocenters. The van der Waals surface area contributed by atoms with Crippen molar-refractivity contribution in [2.75, 3.05) is 27.1 Å². The SMILES string of the molecule is CC(=O)OCC(COC(C)=O)OC(=O)CC(C)CC(=O)OCOC(=O)N(C)C1CC[C@@H](c2ccc(Cl)c(Cl)c2)c2ccccc21. The molecule has 2 aromatic carbocycles. The van der Waals surface area contributed by atoms with E-state index in [0.29, 0.717) is 16.5 Å². The number of nitrogens with zero attached hydrogens (tertiary/aromatic N) is 1. The number of ether oxygens (including phenoxy) is 5. The zero-order valence-corrected chi connectivity index (χ0v) is 27.1. The first kappa shape index (κ1) is 35.6. The number of hydrogen-bond donors (Lipinski definition) is 0. The van der Waals surface area contributed by atoms with E-state index >= 15 is 0 Å². The summed E-state index contributed by atoms with van der Waals surface area (Å²) in [5, 5.41) is 0.973. The van der Waals surface area contributed by atoms with Crippen LogP contribution in [0.3, 0.4) is 0 Å². The van der Waals surface area contributed by atoms with Crippen molar-refractivity contribution < 1.29 is 47.7 Å². The molecule has 0 saturated carbocycles. The molecule has 0 bridgehead atoms. The molecule has 244 valence electrons. The monoisotopic (exact) mass is 665 g/mol. The Kier molecular flexibility index (Phi) is 13.5. The Bertz CT molecular complexity index is 1370. The average molecular weight is 667 g/mol. The summed E-state index contributed by atoms with van der Waals surface area (Å²) >= 11 is 12.4. The summed E-state index contributed by atoms with van der Waals surface area (Å²) in [6.07, 6.45) is -0.506. The van der Waals surface area contributed by atoms with Gasteiger partial charge < -0.3 is 28.6 Å². The highest BCUT2D eigenvalue weighted by molar-refractivity contribution is 6.42. The summed E-state index contributed by atoms with van der Waals surface area (Å²) in [6, 6.07) is 13.2. The summed E-state index contributed by atoms with van der Waals surface area (Å²) in [6.45, 7) is 2.87. The van der Waals surface area contributed by atoms with Crippen LogP contribution in [0.15, 0.2) is 42.5 Å². The summed E-state index contributed by atoms with van der Waals surface area (Å²) in [5.74, 6) is -2.91. The van der Waals surface area contributed by atoms with E-state index in [0.717, 1.165) is 23.1 Å². The Labute approximate surface area is 272 Å². The number of fused-ring (bicyclic) bond motifs is 1. The molecular formula is C32H37Cl2NO10. The molecule has 0 radical (unpaired) electrons. The molecule has 0 saturated heterocycles. The zero-order valence-electron chi connectivity index (χ0n) is 25.6. The van der Waals surface area contributed by atoms with Crippen molar-refractivity contribution in [1.82, 2.24) is 4.90 Å². The van der Waals surface area contributed by atoms with Gasteiger partial charge in [0.2, 0.25) is 6.79 Å². The molecule has 0 N–H and O–H groups in total. The summed E-state index contributed by atoms with van der Waals surface area (Å²) in [4.78, 5) is 61.2. The van der Waals surface area contributed by atoms with Gasteiger partial charge in [-0.2, -0.15) is 0 Å². The first-order chi connectivity index (χ1) is 21.3. The highest BCUT2D eigenvalue weighted by Crippen LogP contribution is 2.44. The first-order valence-corrected chi connectivity index (χ1v) is 15.2. The average Bonchev–Trinajstić information content (AvgIpc) is 2.98. The van der Waals surface area contributed by atoms with E-state index in [9.17, 15) is 24.0 Å². The van der Waals surface area contributed by atoms with Crippen molar-refractivity contribution in [2.24, 2.45) is 5.92 Å². The van der Waals surface area contributed by atoms with E-state index < -0.39 is 48.8 Å². The van der Waals surface area contributed by atoms with Crippen LogP contribution in [0.1, 0.15) is 75.1 Å². The van der Waals surface area contributed by atoms with E-state index in [-0.39, 0.29) is 38.0 Å². The predicted molar refractivity (Wildman–Crippen MR) is 163 cm³/mol. The number of carbonyl (C=O) groups is 5. The molecule has 1 aliphatic rings. The van der Waals surface area contributed by atoms with Gasteiger partial charge in [0.25, 0.3) is 0 Å². The smallest absolute Gasteiger partial charge is 0.412 e. The molecule has 0 aliphatic heterocycles. The fourth-order valence-electron chi connectivity index (χ4n) is 5.09. The molecule has 3 rings (SSSR count). The number of carbonyl (C=O) groups excluding carboxylic acids is 5. The zero-order chi connectivity index (χ0) is 33.1. The maximum Gasteiger partial charge on any atom is 0.412 e. The molecule has 0 spiro atoms. The van der Waals surface area contributed by atoms with Crippen LogP contribution in [0.25, 0.3) is 0 Å². The number of benzene rings is 2. The van der Waals surface area contributed by atoms with Gasteiger partial charge in [-0.05, 0) is 47.6 Å². The third-order valence-electron chi connectivity index (χ3n) is 7.24. The Hall–Kier alpha value is -3.83. The van der Waals surface area contributed by atoms with Crippen LogP contribution in [-0.4, -0.2) is 68.0 Å². The fraction of sp³-hybridized carbons (Fsp3) is 0.469. The van der Waals surface area contributed by atoms with Crippen LogP contribution >= 0.6 is 23.2 Å². The van der Waals surface area contributed by atoms with E-state index in [2.05, 4.69) is 0 Å². The standard InChI is InChI=1S/C32H37Cl2NO10/c1-19(14-31(39)45-23(16-41-20(2)36)17-42-21(3)37)13-30(38)43-18-44-32(40)35(4)29-12-10-24(25-7-5-6-8-26(25)29)22-9-11-27(33)28(34)15-22/h5-9,11,15,19,23-24,29H,10,12-14,16-18H2,1-4H3/t19?,24-,29?/m0/s1. The minimum absolute atomic E-state index is 0.0884. The molecule has 3 atom stereocenters. The number of esters is 4. The molecule has 2 aromatic rings. The second kappa shape index (κ2) is 17.0. The third-order valence-corrected chi connectivity index (χ3v) is 7.98. The molecule has 11 nitrogen and oxygen atoms in total. The normalized spacial score (nSPS) is 16.2. The summed E-state index contributed by atoms with van der Waals surface area (Å²) < 4.78 is 25.2. The Morgan fingerprint density at radius 3 is 2.07 bits per heavy atom. The number of amides is 1. The van der Waals surface area contributed by atoms with Gasteiger partial charge in [0.15, 0.2) is 6.10 Å². The molecule has 0 fully saturated rings. The van der Waals surface area contributed by atoms with Gasteiger partial charge in [-0.1, -0.05) is 60.5 Å². The van der Waals surface area contributed by atoms with E-state index in [1.807, 2.05) is 36.4 Å². The van der Waals surface area contributed by atoms with Crippen molar-refractivity contribution >= 4 is 53.2 Å². The first-order valence-electron chi connectivity index (χ1n) is 14.4. The summed E-state index contributed by atoms with van der Waals surface area (Å²) in [5.41, 5.74) is 3.11. The van der Waals surface area contributed by atoms with Crippen molar-refractivity contribution in [3.8, 4) is 0 Å². The number of hydrogen-bond acceptors (Lipinski definition) is 10. The third kappa shape index (κ3) is 10.9. The van der Waals surface area contributed by atoms with Crippen LogP contribution in [0.2, 0.25) is 10.0 Å². The van der Waals surface area contributed by atoms with Crippen LogP contribution < -0.4 is 0 Å². The van der Waals surface area contributed by atoms with Crippen molar-refractivity contribution in [2.45, 2.75) is 64.5 Å². The van der Waals surface area contributed by atoms with Crippen molar-refractivity contribution in [3.63, 3.8) is 0 Å². The Morgan fingerprint density at radius 1 is 0.822 bits per heavy atom. The maximum absolute atomic E-state index is 12.9. The number of rotatable bonds is 13. The van der Waals surface area contributed by atoms with Crippen LogP contribution in [0, 0.1) is 5.92 Å². The van der Waals surface area contributed by atoms with Crippen LogP contribution in [0.5, 0.6) is 0 Å². The van der Waals surface area contributed by atoms with Crippen molar-refractivity contribution in [3.05, 3.63) is 69.2 Å². The van der Waals surface area contributed by atoms with Gasteiger partial charge in [0.05, 0.1) is 16.1 Å². The molecule has 1 aliphatic carbocycles. The minimum atomic E-state index is -0.987. The predicted octanol–water partition coefficient (Wildman–Crippen LogP) is 5.98. The molecule has 1 amide bonds. The lowest BCUT2D eigenvalue weighted by Gasteiger charge is -2.36. The van der Waals surface area contributed by atoms with E-state index in [1.54, 1.807) is 20.0 Å². The second-order valence-electron chi connectivity index (χ2n) is 10.8. The van der Waals surface area contributed by atoms with Gasteiger partial charge in [-0.15, -0.1) is 0 Å². The molecule has 45 heavy (non-hydrogen) atoms. The lowest BCUT2D eigenvalue weighted by Crippen LogP contribution is -2.35. The highest BCUT2D eigenvalue weighted by atomic mass is 35.5.